The molecule has 26 heavy (non-hydrogen) atoms. The molecule has 0 saturated carbocycles. The molecule has 2 aromatic carbocycles. The summed E-state index contributed by atoms with van der Waals surface area (Å²) in [7, 11) is -2.24. The third-order valence-electron chi connectivity index (χ3n) is 3.97. The van der Waals surface area contributed by atoms with E-state index in [1.807, 2.05) is 25.1 Å². The lowest BCUT2D eigenvalue weighted by molar-refractivity contribution is -0.115. The number of halogens is 1. The Kier molecular flexibility index (Phi) is 6.77. The number of aryl methyl sites for hydroxylation is 1. The average molecular weight is 396 g/mol. The molecular formula is C18H22ClN3O3S. The summed E-state index contributed by atoms with van der Waals surface area (Å²) in [6, 6.07) is 12.1. The lowest BCUT2D eigenvalue weighted by atomic mass is 10.1. The van der Waals surface area contributed by atoms with Crippen LogP contribution in [0, 0.1) is 6.92 Å². The van der Waals surface area contributed by atoms with Crippen molar-refractivity contribution in [3.63, 3.8) is 0 Å². The molecule has 1 atom stereocenters. The maximum atomic E-state index is 12.2. The number of benzene rings is 2. The third-order valence-corrected chi connectivity index (χ3v) is 5.87. The van der Waals surface area contributed by atoms with Crippen molar-refractivity contribution in [1.82, 2.24) is 10.0 Å². The van der Waals surface area contributed by atoms with Gasteiger partial charge in [0.1, 0.15) is 0 Å². The number of rotatable bonds is 7. The fourth-order valence-electron chi connectivity index (χ4n) is 2.46. The van der Waals surface area contributed by atoms with Gasteiger partial charge >= 0.3 is 0 Å². The van der Waals surface area contributed by atoms with E-state index >= 15 is 0 Å². The minimum Gasteiger partial charge on any atom is -0.325 e. The molecule has 0 aromatic heterocycles. The summed E-state index contributed by atoms with van der Waals surface area (Å²) < 4.78 is 26.3. The molecule has 2 rings (SSSR count). The number of carbonyl (C=O) groups excluding carboxylic acids is 1. The fraction of sp³-hybridized carbons (Fsp3) is 0.278. The SMILES string of the molecule is CNS(=O)(=O)c1cc(NC(=O)CN[C@@H](C)c2ccccc2Cl)ccc1C. The van der Waals surface area contributed by atoms with E-state index in [1.165, 1.54) is 13.1 Å². The van der Waals surface area contributed by atoms with Gasteiger partial charge in [-0.3, -0.25) is 4.79 Å². The third kappa shape index (κ3) is 5.04. The maximum Gasteiger partial charge on any atom is 0.240 e. The Morgan fingerprint density at radius 2 is 1.88 bits per heavy atom. The summed E-state index contributed by atoms with van der Waals surface area (Å²) in [5, 5.41) is 6.43. The second kappa shape index (κ2) is 8.64. The second-order valence-electron chi connectivity index (χ2n) is 5.86. The van der Waals surface area contributed by atoms with Crippen LogP contribution in [0.1, 0.15) is 24.1 Å². The Bertz CT molecular complexity index is 900. The lowest BCUT2D eigenvalue weighted by Crippen LogP contribution is -2.30. The van der Waals surface area contributed by atoms with Gasteiger partial charge in [-0.25, -0.2) is 13.1 Å². The number of amides is 1. The molecular weight excluding hydrogens is 374 g/mol. The summed E-state index contributed by atoms with van der Waals surface area (Å²) in [6.45, 7) is 3.68. The van der Waals surface area contributed by atoms with Gasteiger partial charge in [-0.2, -0.15) is 0 Å². The van der Waals surface area contributed by atoms with E-state index in [9.17, 15) is 13.2 Å². The van der Waals surface area contributed by atoms with Crippen molar-refractivity contribution in [2.45, 2.75) is 24.8 Å². The summed E-state index contributed by atoms with van der Waals surface area (Å²) >= 11 is 6.15. The first-order valence-corrected chi connectivity index (χ1v) is 9.92. The van der Waals surface area contributed by atoms with Crippen LogP contribution >= 0.6 is 11.6 Å². The first kappa shape index (κ1) is 20.4. The molecule has 0 unspecified atom stereocenters. The second-order valence-corrected chi connectivity index (χ2v) is 8.12. The molecule has 0 bridgehead atoms. The van der Waals surface area contributed by atoms with Crippen LogP contribution in [0.5, 0.6) is 0 Å². The van der Waals surface area contributed by atoms with Crippen LogP contribution in [-0.2, 0) is 14.8 Å². The molecule has 0 spiro atoms. The molecule has 0 heterocycles. The monoisotopic (exact) mass is 395 g/mol. The zero-order valence-corrected chi connectivity index (χ0v) is 16.4. The summed E-state index contributed by atoms with van der Waals surface area (Å²) in [4.78, 5) is 12.3. The van der Waals surface area contributed by atoms with E-state index in [2.05, 4.69) is 15.4 Å². The van der Waals surface area contributed by atoms with Gasteiger partial charge in [-0.05, 0) is 50.2 Å². The van der Waals surface area contributed by atoms with Crippen molar-refractivity contribution >= 4 is 33.2 Å². The maximum absolute atomic E-state index is 12.2. The number of anilines is 1. The number of hydrogen-bond acceptors (Lipinski definition) is 4. The summed E-state index contributed by atoms with van der Waals surface area (Å²) in [6.07, 6.45) is 0. The Balaban J connectivity index is 2.02. The highest BCUT2D eigenvalue weighted by Gasteiger charge is 2.16. The minimum absolute atomic E-state index is 0.0639. The van der Waals surface area contributed by atoms with Crippen LogP contribution in [-0.4, -0.2) is 27.9 Å². The van der Waals surface area contributed by atoms with Crippen molar-refractivity contribution in [1.29, 1.82) is 0 Å². The van der Waals surface area contributed by atoms with E-state index in [0.717, 1.165) is 5.56 Å². The van der Waals surface area contributed by atoms with Gasteiger partial charge in [0.25, 0.3) is 0 Å². The van der Waals surface area contributed by atoms with E-state index in [0.29, 0.717) is 16.3 Å². The summed E-state index contributed by atoms with van der Waals surface area (Å²) in [5.41, 5.74) is 1.92. The van der Waals surface area contributed by atoms with Crippen molar-refractivity contribution in [3.05, 3.63) is 58.6 Å². The van der Waals surface area contributed by atoms with Crippen LogP contribution in [0.25, 0.3) is 0 Å². The van der Waals surface area contributed by atoms with Crippen LogP contribution in [0.4, 0.5) is 5.69 Å². The van der Waals surface area contributed by atoms with Crippen molar-refractivity contribution < 1.29 is 13.2 Å². The zero-order chi connectivity index (χ0) is 19.3. The quantitative estimate of drug-likeness (QED) is 0.672. The molecule has 0 aliphatic heterocycles. The topological polar surface area (TPSA) is 87.3 Å². The molecule has 6 nitrogen and oxygen atoms in total. The first-order valence-electron chi connectivity index (χ1n) is 8.06. The van der Waals surface area contributed by atoms with Crippen molar-refractivity contribution in [2.75, 3.05) is 18.9 Å². The number of hydrogen-bond donors (Lipinski definition) is 3. The van der Waals surface area contributed by atoms with E-state index in [-0.39, 0.29) is 23.4 Å². The Hall–Kier alpha value is -1.93. The first-order chi connectivity index (χ1) is 12.2. The van der Waals surface area contributed by atoms with E-state index in [4.69, 9.17) is 11.6 Å². The number of carbonyl (C=O) groups is 1. The highest BCUT2D eigenvalue weighted by Crippen LogP contribution is 2.22. The van der Waals surface area contributed by atoms with Gasteiger partial charge in [-0.1, -0.05) is 35.9 Å². The van der Waals surface area contributed by atoms with Crippen molar-refractivity contribution in [3.8, 4) is 0 Å². The van der Waals surface area contributed by atoms with Crippen LogP contribution in [0.15, 0.2) is 47.4 Å². The largest absolute Gasteiger partial charge is 0.325 e. The molecule has 0 aliphatic carbocycles. The lowest BCUT2D eigenvalue weighted by Gasteiger charge is -2.16. The highest BCUT2D eigenvalue weighted by atomic mass is 35.5. The van der Waals surface area contributed by atoms with Crippen LogP contribution in [0.3, 0.4) is 0 Å². The number of sulfonamides is 1. The van der Waals surface area contributed by atoms with Crippen molar-refractivity contribution in [2.24, 2.45) is 0 Å². The Morgan fingerprint density at radius 3 is 2.54 bits per heavy atom. The zero-order valence-electron chi connectivity index (χ0n) is 14.8. The Morgan fingerprint density at radius 1 is 1.19 bits per heavy atom. The molecule has 0 saturated heterocycles. The predicted molar refractivity (Wildman–Crippen MR) is 104 cm³/mol. The molecule has 1 amide bonds. The van der Waals surface area contributed by atoms with Crippen LogP contribution < -0.4 is 15.4 Å². The Labute approximate surface area is 159 Å². The molecule has 0 fully saturated rings. The van der Waals surface area contributed by atoms with Gasteiger partial charge in [0.05, 0.1) is 11.4 Å². The average Bonchev–Trinajstić information content (AvgIpc) is 2.61. The molecule has 2 aromatic rings. The van der Waals surface area contributed by atoms with E-state index in [1.54, 1.807) is 25.1 Å². The predicted octanol–water partition coefficient (Wildman–Crippen LogP) is 2.85. The molecule has 0 aliphatic rings. The van der Waals surface area contributed by atoms with Crippen LogP contribution in [0.2, 0.25) is 5.02 Å². The molecule has 8 heteroatoms. The van der Waals surface area contributed by atoms with E-state index < -0.39 is 10.0 Å². The smallest absolute Gasteiger partial charge is 0.240 e. The normalized spacial score (nSPS) is 12.6. The molecule has 0 radical (unpaired) electrons. The summed E-state index contributed by atoms with van der Waals surface area (Å²) in [5.74, 6) is -0.277. The highest BCUT2D eigenvalue weighted by molar-refractivity contribution is 7.89. The van der Waals surface area contributed by atoms with Gasteiger partial charge in [-0.15, -0.1) is 0 Å². The molecule has 140 valence electrons. The standard InChI is InChI=1S/C18H22ClN3O3S/c1-12-8-9-14(10-17(12)26(24,25)20-3)22-18(23)11-21-13(2)15-6-4-5-7-16(15)19/h4-10,13,20-21H,11H2,1-3H3,(H,22,23)/t13-/m0/s1. The van der Waals surface area contributed by atoms with Gasteiger partial charge < -0.3 is 10.6 Å². The molecule has 3 N–H and O–H groups in total. The van der Waals surface area contributed by atoms with Gasteiger partial charge in [0.2, 0.25) is 15.9 Å². The van der Waals surface area contributed by atoms with Gasteiger partial charge in [0, 0.05) is 16.8 Å². The van der Waals surface area contributed by atoms with Gasteiger partial charge in [0.15, 0.2) is 0 Å². The number of nitrogens with one attached hydrogen (secondary N) is 3. The fourth-order valence-corrected chi connectivity index (χ4v) is 3.76. The minimum atomic E-state index is -3.59.